The number of hydrogen-bond acceptors (Lipinski definition) is 5. The molecule has 2 N–H and O–H groups in total. The van der Waals surface area contributed by atoms with E-state index >= 15 is 0 Å². The number of rotatable bonds is 4. The van der Waals surface area contributed by atoms with E-state index in [-0.39, 0.29) is 11.5 Å². The first-order chi connectivity index (χ1) is 12.8. The Morgan fingerprint density at radius 3 is 2.21 bits per heavy atom. The zero-order chi connectivity index (χ0) is 21.1. The summed E-state index contributed by atoms with van der Waals surface area (Å²) in [6.07, 6.45) is -5.42. The molecule has 0 aliphatic heterocycles. The summed E-state index contributed by atoms with van der Waals surface area (Å²) >= 11 is 0. The lowest BCUT2D eigenvalue weighted by Gasteiger charge is -2.25. The van der Waals surface area contributed by atoms with Crippen LogP contribution in [0, 0.1) is 0 Å². The number of hydrogen-bond donors (Lipinski definition) is 1. The second-order valence-electron chi connectivity index (χ2n) is 6.88. The van der Waals surface area contributed by atoms with E-state index in [9.17, 15) is 18.0 Å². The highest BCUT2D eigenvalue weighted by Gasteiger charge is 2.31. The second-order valence-corrected chi connectivity index (χ2v) is 6.88. The Hall–Kier alpha value is -3.10. The van der Waals surface area contributed by atoms with Crippen LogP contribution in [0.5, 0.6) is 17.2 Å². The van der Waals surface area contributed by atoms with Crippen molar-refractivity contribution in [1.29, 1.82) is 0 Å². The number of anilines is 2. The second kappa shape index (κ2) is 7.87. The maximum atomic E-state index is 12.4. The molecule has 0 saturated carbocycles. The number of carbonyl (C=O) groups is 1. The Labute approximate surface area is 160 Å². The molecule has 0 aromatic heterocycles. The molecule has 0 unspecified atom stereocenters. The number of benzene rings is 2. The third kappa shape index (κ3) is 6.26. The summed E-state index contributed by atoms with van der Waals surface area (Å²) in [7, 11) is 1.49. The van der Waals surface area contributed by atoms with Gasteiger partial charge in [-0.1, -0.05) is 6.07 Å². The van der Waals surface area contributed by atoms with Crippen molar-refractivity contribution >= 4 is 17.5 Å². The monoisotopic (exact) mass is 398 g/mol. The molecule has 0 saturated heterocycles. The third-order valence-corrected chi connectivity index (χ3v) is 3.31. The maximum Gasteiger partial charge on any atom is 0.573 e. The van der Waals surface area contributed by atoms with E-state index < -0.39 is 23.8 Å². The van der Waals surface area contributed by atoms with Gasteiger partial charge in [0.1, 0.15) is 22.8 Å². The lowest BCUT2D eigenvalue weighted by Crippen LogP contribution is -2.34. The van der Waals surface area contributed by atoms with Crippen molar-refractivity contribution < 1.29 is 32.2 Å². The highest BCUT2D eigenvalue weighted by molar-refractivity contribution is 5.91. The first-order valence-electron chi connectivity index (χ1n) is 8.24. The van der Waals surface area contributed by atoms with Crippen molar-refractivity contribution in [3.05, 3.63) is 42.5 Å². The summed E-state index contributed by atoms with van der Waals surface area (Å²) in [6, 6.07) is 9.61. The Morgan fingerprint density at radius 1 is 1.00 bits per heavy atom. The zero-order valence-corrected chi connectivity index (χ0v) is 15.8. The van der Waals surface area contributed by atoms with Gasteiger partial charge in [0.05, 0.1) is 11.4 Å². The van der Waals surface area contributed by atoms with Gasteiger partial charge in [-0.2, -0.15) is 0 Å². The molecule has 152 valence electrons. The molecular formula is C19H21F3N2O4. The van der Waals surface area contributed by atoms with Crippen LogP contribution in [0.3, 0.4) is 0 Å². The molecule has 9 heteroatoms. The molecule has 0 spiro atoms. The smallest absolute Gasteiger partial charge is 0.457 e. The van der Waals surface area contributed by atoms with Crippen molar-refractivity contribution in [3.63, 3.8) is 0 Å². The number of amides is 1. The summed E-state index contributed by atoms with van der Waals surface area (Å²) in [6.45, 7) is 5.20. The van der Waals surface area contributed by atoms with Crippen LogP contribution in [0.25, 0.3) is 0 Å². The molecule has 0 aliphatic carbocycles. The van der Waals surface area contributed by atoms with Gasteiger partial charge < -0.3 is 19.9 Å². The van der Waals surface area contributed by atoms with Crippen LogP contribution in [0.2, 0.25) is 0 Å². The number of nitrogen functional groups attached to an aromatic ring is 1. The van der Waals surface area contributed by atoms with Gasteiger partial charge in [0.15, 0.2) is 0 Å². The Bertz CT molecular complexity index is 848. The molecule has 1 amide bonds. The minimum absolute atomic E-state index is 0.123. The van der Waals surface area contributed by atoms with E-state index in [1.165, 1.54) is 42.3 Å². The van der Waals surface area contributed by atoms with Gasteiger partial charge in [-0.15, -0.1) is 13.2 Å². The number of nitrogens with two attached hydrogens (primary N) is 1. The normalized spacial score (nSPS) is 11.7. The molecule has 0 fully saturated rings. The van der Waals surface area contributed by atoms with Gasteiger partial charge in [0.25, 0.3) is 0 Å². The molecule has 0 bridgehead atoms. The average molecular weight is 398 g/mol. The first-order valence-corrected chi connectivity index (χ1v) is 8.24. The number of halogens is 3. The molecule has 0 atom stereocenters. The molecule has 6 nitrogen and oxygen atoms in total. The topological polar surface area (TPSA) is 74.0 Å². The van der Waals surface area contributed by atoms with Crippen molar-refractivity contribution in [1.82, 2.24) is 0 Å². The lowest BCUT2D eigenvalue weighted by molar-refractivity contribution is -0.274. The van der Waals surface area contributed by atoms with Crippen LogP contribution in [0.15, 0.2) is 42.5 Å². The minimum atomic E-state index is -4.80. The van der Waals surface area contributed by atoms with Gasteiger partial charge in [-0.25, -0.2) is 4.79 Å². The third-order valence-electron chi connectivity index (χ3n) is 3.31. The fourth-order valence-electron chi connectivity index (χ4n) is 2.18. The number of ether oxygens (including phenoxy) is 3. The predicted octanol–water partition coefficient (Wildman–Crippen LogP) is 5.33. The minimum Gasteiger partial charge on any atom is -0.457 e. The van der Waals surface area contributed by atoms with Crippen LogP contribution in [0.4, 0.5) is 29.3 Å². The largest absolute Gasteiger partial charge is 0.573 e. The summed E-state index contributed by atoms with van der Waals surface area (Å²) in [5.74, 6) is -0.0206. The fraction of sp³-hybridized carbons (Fsp3) is 0.316. The van der Waals surface area contributed by atoms with Crippen LogP contribution in [0.1, 0.15) is 20.8 Å². The quantitative estimate of drug-likeness (QED) is 0.705. The van der Waals surface area contributed by atoms with Gasteiger partial charge in [0.2, 0.25) is 0 Å². The molecule has 2 aromatic rings. The molecular weight excluding hydrogens is 377 g/mol. The maximum absolute atomic E-state index is 12.4. The van der Waals surface area contributed by atoms with Crippen molar-refractivity contribution in [2.45, 2.75) is 32.7 Å². The summed E-state index contributed by atoms with van der Waals surface area (Å²) in [4.78, 5) is 13.5. The molecule has 0 radical (unpaired) electrons. The SMILES string of the molecule is CN(C(=O)OC(C)(C)C)c1cc(Oc2cccc(OC(F)(F)F)c2)ccc1N. The van der Waals surface area contributed by atoms with E-state index in [1.807, 2.05) is 0 Å². The first kappa shape index (κ1) is 21.2. The van der Waals surface area contributed by atoms with Gasteiger partial charge in [0, 0.05) is 19.2 Å². The van der Waals surface area contributed by atoms with Crippen LogP contribution in [-0.2, 0) is 4.74 Å². The fourth-order valence-corrected chi connectivity index (χ4v) is 2.18. The van der Waals surface area contributed by atoms with E-state index in [0.29, 0.717) is 11.4 Å². The summed E-state index contributed by atoms with van der Waals surface area (Å²) in [5.41, 5.74) is 5.87. The highest BCUT2D eigenvalue weighted by atomic mass is 19.4. The number of carbonyl (C=O) groups excluding carboxylic acids is 1. The van der Waals surface area contributed by atoms with Crippen molar-refractivity contribution in [3.8, 4) is 17.2 Å². The van der Waals surface area contributed by atoms with E-state index in [4.69, 9.17) is 15.2 Å². The molecule has 2 aromatic carbocycles. The Morgan fingerprint density at radius 2 is 1.61 bits per heavy atom. The summed E-state index contributed by atoms with van der Waals surface area (Å²) < 4.78 is 51.8. The Kier molecular flexibility index (Phi) is 5.96. The van der Waals surface area contributed by atoms with Gasteiger partial charge in [-0.3, -0.25) is 4.90 Å². The lowest BCUT2D eigenvalue weighted by atomic mass is 10.2. The van der Waals surface area contributed by atoms with E-state index in [2.05, 4.69) is 4.74 Å². The molecule has 0 aliphatic rings. The average Bonchev–Trinajstić information content (AvgIpc) is 2.53. The van der Waals surface area contributed by atoms with Gasteiger partial charge in [-0.05, 0) is 45.0 Å². The predicted molar refractivity (Wildman–Crippen MR) is 98.7 cm³/mol. The Balaban J connectivity index is 2.21. The zero-order valence-electron chi connectivity index (χ0n) is 15.8. The molecule has 0 heterocycles. The molecule has 28 heavy (non-hydrogen) atoms. The standard InChI is InChI=1S/C19H21F3N2O4/c1-18(2,3)28-17(25)24(4)16-11-13(8-9-15(16)23)26-12-6-5-7-14(10-12)27-19(20,21)22/h5-11H,23H2,1-4H3. The summed E-state index contributed by atoms with van der Waals surface area (Å²) in [5, 5.41) is 0. The number of alkyl halides is 3. The van der Waals surface area contributed by atoms with Crippen LogP contribution in [-0.4, -0.2) is 25.1 Å². The van der Waals surface area contributed by atoms with Crippen molar-refractivity contribution in [2.75, 3.05) is 17.7 Å². The highest BCUT2D eigenvalue weighted by Crippen LogP contribution is 2.33. The number of nitrogens with zero attached hydrogens (tertiary/aromatic N) is 1. The van der Waals surface area contributed by atoms with E-state index in [0.717, 1.165) is 12.1 Å². The van der Waals surface area contributed by atoms with Crippen molar-refractivity contribution in [2.24, 2.45) is 0 Å². The molecule has 2 rings (SSSR count). The van der Waals surface area contributed by atoms with Crippen LogP contribution < -0.4 is 20.1 Å². The van der Waals surface area contributed by atoms with E-state index in [1.54, 1.807) is 20.8 Å². The van der Waals surface area contributed by atoms with Gasteiger partial charge >= 0.3 is 12.5 Å². The van der Waals surface area contributed by atoms with Crippen LogP contribution >= 0.6 is 0 Å².